The molecule has 1 atom stereocenters. The van der Waals surface area contributed by atoms with Crippen LogP contribution in [0.1, 0.15) is 37.5 Å². The van der Waals surface area contributed by atoms with Crippen molar-refractivity contribution in [3.05, 3.63) is 53.1 Å². The molecule has 19 heavy (non-hydrogen) atoms. The second-order valence-corrected chi connectivity index (χ2v) is 5.28. The smallest absolute Gasteiger partial charge is 0.128 e. The first-order chi connectivity index (χ1) is 9.13. The second kappa shape index (κ2) is 5.92. The SMILES string of the molecule is C/C=C\C=C/c1c(C)ccc2c1C=CC(C(C)C)O2. The average Bonchev–Trinajstić information content (AvgIpc) is 2.40. The molecule has 0 bridgehead atoms. The highest BCUT2D eigenvalue weighted by molar-refractivity contribution is 5.74. The monoisotopic (exact) mass is 254 g/mol. The van der Waals surface area contributed by atoms with Crippen molar-refractivity contribution in [3.8, 4) is 5.75 Å². The number of rotatable bonds is 3. The van der Waals surface area contributed by atoms with Crippen molar-refractivity contribution >= 4 is 12.2 Å². The van der Waals surface area contributed by atoms with Gasteiger partial charge in [0.2, 0.25) is 0 Å². The molecular formula is C18H22O. The Morgan fingerprint density at radius 3 is 2.68 bits per heavy atom. The largest absolute Gasteiger partial charge is 0.485 e. The van der Waals surface area contributed by atoms with E-state index in [2.05, 4.69) is 57.2 Å². The van der Waals surface area contributed by atoms with Gasteiger partial charge in [-0.3, -0.25) is 0 Å². The van der Waals surface area contributed by atoms with Crippen molar-refractivity contribution in [2.75, 3.05) is 0 Å². The Kier molecular flexibility index (Phi) is 4.26. The number of hydrogen-bond acceptors (Lipinski definition) is 1. The number of ether oxygens (including phenoxy) is 1. The van der Waals surface area contributed by atoms with Crippen molar-refractivity contribution < 1.29 is 4.74 Å². The zero-order valence-electron chi connectivity index (χ0n) is 12.2. The molecule has 1 aliphatic heterocycles. The van der Waals surface area contributed by atoms with Gasteiger partial charge in [-0.1, -0.05) is 50.3 Å². The summed E-state index contributed by atoms with van der Waals surface area (Å²) < 4.78 is 6.06. The Bertz CT molecular complexity index is 533. The first kappa shape index (κ1) is 13.7. The molecule has 0 aliphatic carbocycles. The standard InChI is InChI=1S/C18H22O/c1-5-6-7-8-15-14(4)9-11-18-16(15)10-12-17(19-18)13(2)3/h5-13,17H,1-4H3/b6-5-,8-7-. The summed E-state index contributed by atoms with van der Waals surface area (Å²) in [5.41, 5.74) is 3.71. The molecule has 1 aliphatic rings. The van der Waals surface area contributed by atoms with E-state index in [0.29, 0.717) is 5.92 Å². The molecule has 2 rings (SSSR count). The van der Waals surface area contributed by atoms with E-state index in [-0.39, 0.29) is 6.10 Å². The van der Waals surface area contributed by atoms with Crippen molar-refractivity contribution in [2.24, 2.45) is 5.92 Å². The molecular weight excluding hydrogens is 232 g/mol. The van der Waals surface area contributed by atoms with Gasteiger partial charge in [-0.15, -0.1) is 0 Å². The van der Waals surface area contributed by atoms with Crippen LogP contribution in [0.25, 0.3) is 12.2 Å². The van der Waals surface area contributed by atoms with Crippen LogP contribution in [-0.4, -0.2) is 6.10 Å². The second-order valence-electron chi connectivity index (χ2n) is 5.28. The summed E-state index contributed by atoms with van der Waals surface area (Å²) in [6.07, 6.45) is 12.8. The minimum atomic E-state index is 0.183. The van der Waals surface area contributed by atoms with Gasteiger partial charge in [0.05, 0.1) is 0 Å². The zero-order valence-corrected chi connectivity index (χ0v) is 12.2. The van der Waals surface area contributed by atoms with Crippen LogP contribution in [0.4, 0.5) is 0 Å². The number of allylic oxidation sites excluding steroid dienone is 3. The van der Waals surface area contributed by atoms with Crippen molar-refractivity contribution in [1.82, 2.24) is 0 Å². The highest BCUT2D eigenvalue weighted by Crippen LogP contribution is 2.33. The van der Waals surface area contributed by atoms with E-state index in [1.165, 1.54) is 16.7 Å². The summed E-state index contributed by atoms with van der Waals surface area (Å²) >= 11 is 0. The molecule has 0 saturated carbocycles. The molecule has 1 heterocycles. The summed E-state index contributed by atoms with van der Waals surface area (Å²) in [6, 6.07) is 4.21. The van der Waals surface area contributed by atoms with Crippen LogP contribution in [0.2, 0.25) is 0 Å². The molecule has 0 aromatic heterocycles. The number of aryl methyl sites for hydroxylation is 1. The summed E-state index contributed by atoms with van der Waals surface area (Å²) in [7, 11) is 0. The lowest BCUT2D eigenvalue weighted by molar-refractivity contribution is 0.194. The van der Waals surface area contributed by atoms with Crippen LogP contribution in [0.5, 0.6) is 5.75 Å². The average molecular weight is 254 g/mol. The van der Waals surface area contributed by atoms with Gasteiger partial charge in [-0.05, 0) is 43.0 Å². The van der Waals surface area contributed by atoms with Crippen LogP contribution in [0.3, 0.4) is 0 Å². The Balaban J connectivity index is 2.40. The van der Waals surface area contributed by atoms with Crippen LogP contribution < -0.4 is 4.74 Å². The maximum absolute atomic E-state index is 6.06. The third-order valence-electron chi connectivity index (χ3n) is 3.40. The molecule has 0 amide bonds. The Labute approximate surface area is 116 Å². The molecule has 100 valence electrons. The number of benzene rings is 1. The van der Waals surface area contributed by atoms with Crippen molar-refractivity contribution in [1.29, 1.82) is 0 Å². The van der Waals surface area contributed by atoms with Gasteiger partial charge in [0.25, 0.3) is 0 Å². The van der Waals surface area contributed by atoms with Gasteiger partial charge in [0.15, 0.2) is 0 Å². The zero-order chi connectivity index (χ0) is 13.8. The van der Waals surface area contributed by atoms with Crippen molar-refractivity contribution in [3.63, 3.8) is 0 Å². The quantitative estimate of drug-likeness (QED) is 0.689. The normalized spacial score (nSPS) is 18.3. The van der Waals surface area contributed by atoms with E-state index in [9.17, 15) is 0 Å². The van der Waals surface area contributed by atoms with E-state index < -0.39 is 0 Å². The molecule has 1 aromatic carbocycles. The topological polar surface area (TPSA) is 9.23 Å². The summed E-state index contributed by atoms with van der Waals surface area (Å²) in [6.45, 7) is 8.52. The van der Waals surface area contributed by atoms with Gasteiger partial charge in [0, 0.05) is 5.56 Å². The highest BCUT2D eigenvalue weighted by Gasteiger charge is 2.19. The highest BCUT2D eigenvalue weighted by atomic mass is 16.5. The fourth-order valence-corrected chi connectivity index (χ4v) is 2.22. The maximum Gasteiger partial charge on any atom is 0.128 e. The van der Waals surface area contributed by atoms with Gasteiger partial charge in [0.1, 0.15) is 11.9 Å². The predicted octanol–water partition coefficient (Wildman–Crippen LogP) is 5.01. The van der Waals surface area contributed by atoms with Crippen LogP contribution >= 0.6 is 0 Å². The summed E-state index contributed by atoms with van der Waals surface area (Å²) in [4.78, 5) is 0. The minimum absolute atomic E-state index is 0.183. The molecule has 0 saturated heterocycles. The van der Waals surface area contributed by atoms with Gasteiger partial charge >= 0.3 is 0 Å². The van der Waals surface area contributed by atoms with Crippen LogP contribution in [-0.2, 0) is 0 Å². The molecule has 1 heteroatoms. The third kappa shape index (κ3) is 2.98. The first-order valence-electron chi connectivity index (χ1n) is 6.91. The van der Waals surface area contributed by atoms with Gasteiger partial charge in [-0.25, -0.2) is 0 Å². The lowest BCUT2D eigenvalue weighted by Crippen LogP contribution is -2.23. The Morgan fingerprint density at radius 1 is 1.21 bits per heavy atom. The molecule has 1 unspecified atom stereocenters. The minimum Gasteiger partial charge on any atom is -0.485 e. The van der Waals surface area contributed by atoms with Crippen LogP contribution in [0.15, 0.2) is 36.4 Å². The molecule has 0 N–H and O–H groups in total. The molecule has 1 aromatic rings. The fraction of sp³-hybridized carbons (Fsp3) is 0.333. The van der Waals surface area contributed by atoms with Crippen LogP contribution in [0, 0.1) is 12.8 Å². The Hall–Kier alpha value is -1.76. The maximum atomic E-state index is 6.06. The first-order valence-corrected chi connectivity index (χ1v) is 6.91. The third-order valence-corrected chi connectivity index (χ3v) is 3.40. The van der Waals surface area contributed by atoms with Gasteiger partial charge in [-0.2, -0.15) is 0 Å². The molecule has 0 fully saturated rings. The van der Waals surface area contributed by atoms with Gasteiger partial charge < -0.3 is 4.74 Å². The lowest BCUT2D eigenvalue weighted by Gasteiger charge is -2.25. The van der Waals surface area contributed by atoms with E-state index in [1.54, 1.807) is 0 Å². The molecule has 1 nitrogen and oxygen atoms in total. The summed E-state index contributed by atoms with van der Waals surface area (Å²) in [5, 5.41) is 0. The molecule has 0 radical (unpaired) electrons. The van der Waals surface area contributed by atoms with E-state index >= 15 is 0 Å². The lowest BCUT2D eigenvalue weighted by atomic mass is 9.96. The van der Waals surface area contributed by atoms with Crippen molar-refractivity contribution in [2.45, 2.75) is 33.8 Å². The Morgan fingerprint density at radius 2 is 2.00 bits per heavy atom. The molecule has 0 spiro atoms. The predicted molar refractivity (Wildman–Crippen MR) is 83.3 cm³/mol. The van der Waals surface area contributed by atoms with E-state index in [1.807, 2.05) is 19.1 Å². The van der Waals surface area contributed by atoms with E-state index in [4.69, 9.17) is 4.74 Å². The summed E-state index contributed by atoms with van der Waals surface area (Å²) in [5.74, 6) is 1.49. The number of hydrogen-bond donors (Lipinski definition) is 0. The van der Waals surface area contributed by atoms with E-state index in [0.717, 1.165) is 5.75 Å². The number of fused-ring (bicyclic) bond motifs is 1. The fourth-order valence-electron chi connectivity index (χ4n) is 2.22.